The fourth-order valence-corrected chi connectivity index (χ4v) is 2.29. The zero-order chi connectivity index (χ0) is 18.9. The van der Waals surface area contributed by atoms with Crippen LogP contribution in [0.3, 0.4) is 0 Å². The standard InChI is InChI=1S/C20H19N5O2/c26-19(22-13-15-7-3-1-4-8-15)14-21-18-12-11-17(24-25-18)20(27)23-16-9-5-2-6-10-16/h1-12H,13-14H2,(H,21,25)(H,22,26)(H,23,27). The molecule has 136 valence electrons. The second kappa shape index (κ2) is 9.10. The van der Waals surface area contributed by atoms with Crippen LogP contribution in [0.4, 0.5) is 11.5 Å². The molecule has 0 spiro atoms. The molecule has 27 heavy (non-hydrogen) atoms. The highest BCUT2D eigenvalue weighted by atomic mass is 16.2. The second-order valence-corrected chi connectivity index (χ2v) is 5.74. The van der Waals surface area contributed by atoms with Crippen LogP contribution < -0.4 is 16.0 Å². The molecule has 3 rings (SSSR count). The number of carbonyl (C=O) groups is 2. The molecule has 0 saturated heterocycles. The molecular weight excluding hydrogens is 342 g/mol. The van der Waals surface area contributed by atoms with Gasteiger partial charge < -0.3 is 16.0 Å². The first-order chi connectivity index (χ1) is 13.2. The molecule has 3 aromatic rings. The molecule has 0 radical (unpaired) electrons. The van der Waals surface area contributed by atoms with Crippen LogP contribution in [0.15, 0.2) is 72.8 Å². The van der Waals surface area contributed by atoms with Crippen LogP contribution in [0, 0.1) is 0 Å². The lowest BCUT2D eigenvalue weighted by atomic mass is 10.2. The number of anilines is 2. The first-order valence-electron chi connectivity index (χ1n) is 8.45. The lowest BCUT2D eigenvalue weighted by Gasteiger charge is -2.08. The predicted octanol–water partition coefficient (Wildman–Crippen LogP) is 2.46. The Bertz CT molecular complexity index is 883. The Kier molecular flexibility index (Phi) is 6.08. The summed E-state index contributed by atoms with van der Waals surface area (Å²) in [7, 11) is 0. The van der Waals surface area contributed by atoms with Crippen molar-refractivity contribution < 1.29 is 9.59 Å². The van der Waals surface area contributed by atoms with Gasteiger partial charge >= 0.3 is 0 Å². The summed E-state index contributed by atoms with van der Waals surface area (Å²) in [5.41, 5.74) is 1.90. The third-order valence-corrected chi connectivity index (χ3v) is 3.69. The minimum atomic E-state index is -0.346. The fourth-order valence-electron chi connectivity index (χ4n) is 2.29. The van der Waals surface area contributed by atoms with E-state index < -0.39 is 0 Å². The average Bonchev–Trinajstić information content (AvgIpc) is 2.72. The van der Waals surface area contributed by atoms with Crippen molar-refractivity contribution in [1.29, 1.82) is 0 Å². The highest BCUT2D eigenvalue weighted by Crippen LogP contribution is 2.08. The van der Waals surface area contributed by atoms with Gasteiger partial charge in [-0.05, 0) is 29.8 Å². The van der Waals surface area contributed by atoms with Crippen LogP contribution in [0.1, 0.15) is 16.1 Å². The maximum atomic E-state index is 12.1. The number of nitrogens with one attached hydrogen (secondary N) is 3. The number of benzene rings is 2. The van der Waals surface area contributed by atoms with E-state index in [0.717, 1.165) is 5.56 Å². The molecule has 0 fully saturated rings. The highest BCUT2D eigenvalue weighted by Gasteiger charge is 2.09. The van der Waals surface area contributed by atoms with Gasteiger partial charge in [0.15, 0.2) is 5.69 Å². The van der Waals surface area contributed by atoms with E-state index in [4.69, 9.17) is 0 Å². The molecule has 2 amide bonds. The zero-order valence-corrected chi connectivity index (χ0v) is 14.6. The van der Waals surface area contributed by atoms with Crippen molar-refractivity contribution in [3.63, 3.8) is 0 Å². The maximum Gasteiger partial charge on any atom is 0.276 e. The molecule has 7 heteroatoms. The lowest BCUT2D eigenvalue weighted by molar-refractivity contribution is -0.119. The van der Waals surface area contributed by atoms with E-state index in [1.54, 1.807) is 24.3 Å². The molecule has 0 aliphatic carbocycles. The lowest BCUT2D eigenvalue weighted by Crippen LogP contribution is -2.29. The van der Waals surface area contributed by atoms with Crippen molar-refractivity contribution in [3.05, 3.63) is 84.1 Å². The van der Waals surface area contributed by atoms with E-state index in [1.807, 2.05) is 48.5 Å². The fraction of sp³-hybridized carbons (Fsp3) is 0.100. The summed E-state index contributed by atoms with van der Waals surface area (Å²) < 4.78 is 0. The number of nitrogens with zero attached hydrogens (tertiary/aromatic N) is 2. The number of amides is 2. The molecule has 3 N–H and O–H groups in total. The molecule has 1 aromatic heterocycles. The molecule has 7 nitrogen and oxygen atoms in total. The minimum Gasteiger partial charge on any atom is -0.360 e. The van der Waals surface area contributed by atoms with Gasteiger partial charge in [-0.1, -0.05) is 48.5 Å². The summed E-state index contributed by atoms with van der Waals surface area (Å²) >= 11 is 0. The molecule has 2 aromatic carbocycles. The number of hydrogen-bond donors (Lipinski definition) is 3. The Hall–Kier alpha value is -3.74. The topological polar surface area (TPSA) is 96.0 Å². The van der Waals surface area contributed by atoms with Gasteiger partial charge in [0.05, 0.1) is 6.54 Å². The summed E-state index contributed by atoms with van der Waals surface area (Å²) in [6, 6.07) is 21.9. The minimum absolute atomic E-state index is 0.0665. The molecule has 0 aliphatic rings. The normalized spacial score (nSPS) is 10.1. The number of hydrogen-bond acceptors (Lipinski definition) is 5. The molecule has 1 heterocycles. The van der Waals surface area contributed by atoms with E-state index in [0.29, 0.717) is 18.1 Å². The van der Waals surface area contributed by atoms with Gasteiger partial charge in [0.1, 0.15) is 5.82 Å². The summed E-state index contributed by atoms with van der Waals surface area (Å²) in [5, 5.41) is 16.2. The van der Waals surface area contributed by atoms with Crippen molar-refractivity contribution in [2.45, 2.75) is 6.54 Å². The van der Waals surface area contributed by atoms with Crippen molar-refractivity contribution in [2.75, 3.05) is 17.2 Å². The van der Waals surface area contributed by atoms with Gasteiger partial charge in [-0.3, -0.25) is 9.59 Å². The molecule has 0 aliphatic heterocycles. The van der Waals surface area contributed by atoms with Gasteiger partial charge in [0.25, 0.3) is 5.91 Å². The van der Waals surface area contributed by atoms with Crippen LogP contribution in [0.25, 0.3) is 0 Å². The molecule has 0 atom stereocenters. The monoisotopic (exact) mass is 361 g/mol. The van der Waals surface area contributed by atoms with Crippen molar-refractivity contribution in [1.82, 2.24) is 15.5 Å². The first kappa shape index (κ1) is 18.1. The van der Waals surface area contributed by atoms with Crippen LogP contribution in [0.5, 0.6) is 0 Å². The molecule has 0 bridgehead atoms. The van der Waals surface area contributed by atoms with Gasteiger partial charge in [-0.15, -0.1) is 10.2 Å². The third kappa shape index (κ3) is 5.64. The largest absolute Gasteiger partial charge is 0.360 e. The predicted molar refractivity (Wildman–Crippen MR) is 103 cm³/mol. The van der Waals surface area contributed by atoms with Crippen molar-refractivity contribution in [3.8, 4) is 0 Å². The molecule has 0 saturated carbocycles. The Morgan fingerprint density at radius 1 is 0.815 bits per heavy atom. The van der Waals surface area contributed by atoms with E-state index in [9.17, 15) is 9.59 Å². The van der Waals surface area contributed by atoms with E-state index in [2.05, 4.69) is 26.1 Å². The number of para-hydroxylation sites is 1. The summed E-state index contributed by atoms with van der Waals surface area (Å²) in [5.74, 6) is -0.0893. The van der Waals surface area contributed by atoms with E-state index in [1.165, 1.54) is 0 Å². The number of aromatic nitrogens is 2. The summed E-state index contributed by atoms with van der Waals surface area (Å²) in [6.45, 7) is 0.530. The smallest absolute Gasteiger partial charge is 0.276 e. The third-order valence-electron chi connectivity index (χ3n) is 3.69. The Labute approximate surface area is 156 Å². The van der Waals surface area contributed by atoms with Crippen LogP contribution in [-0.2, 0) is 11.3 Å². The van der Waals surface area contributed by atoms with Crippen LogP contribution in [-0.4, -0.2) is 28.6 Å². The Morgan fingerprint density at radius 3 is 2.19 bits per heavy atom. The first-order valence-corrected chi connectivity index (χ1v) is 8.45. The quantitative estimate of drug-likeness (QED) is 0.601. The van der Waals surface area contributed by atoms with Crippen LogP contribution in [0.2, 0.25) is 0 Å². The zero-order valence-electron chi connectivity index (χ0n) is 14.6. The maximum absolute atomic E-state index is 12.1. The second-order valence-electron chi connectivity index (χ2n) is 5.74. The van der Waals surface area contributed by atoms with Crippen LogP contribution >= 0.6 is 0 Å². The van der Waals surface area contributed by atoms with E-state index >= 15 is 0 Å². The molecular formula is C20H19N5O2. The highest BCUT2D eigenvalue weighted by molar-refractivity contribution is 6.02. The number of carbonyl (C=O) groups excluding carboxylic acids is 2. The van der Waals surface area contributed by atoms with Gasteiger partial charge in [0.2, 0.25) is 5.91 Å². The van der Waals surface area contributed by atoms with Gasteiger partial charge in [-0.25, -0.2) is 0 Å². The van der Waals surface area contributed by atoms with Crippen molar-refractivity contribution >= 4 is 23.3 Å². The van der Waals surface area contributed by atoms with Gasteiger partial charge in [0, 0.05) is 12.2 Å². The summed E-state index contributed by atoms with van der Waals surface area (Å²) in [6.07, 6.45) is 0. The average molecular weight is 361 g/mol. The van der Waals surface area contributed by atoms with Gasteiger partial charge in [-0.2, -0.15) is 0 Å². The SMILES string of the molecule is O=C(CNc1ccc(C(=O)Nc2ccccc2)nn1)NCc1ccccc1. The Morgan fingerprint density at radius 2 is 1.52 bits per heavy atom. The number of rotatable bonds is 7. The molecule has 0 unspecified atom stereocenters. The van der Waals surface area contributed by atoms with Crippen molar-refractivity contribution in [2.24, 2.45) is 0 Å². The van der Waals surface area contributed by atoms with E-state index in [-0.39, 0.29) is 24.1 Å². The summed E-state index contributed by atoms with van der Waals surface area (Å²) in [4.78, 5) is 24.0. The Balaban J connectivity index is 1.46.